The predicted molar refractivity (Wildman–Crippen MR) is 154 cm³/mol. The number of ether oxygens (including phenoxy) is 7. The van der Waals surface area contributed by atoms with Crippen molar-refractivity contribution in [2.24, 2.45) is 0 Å². The van der Waals surface area contributed by atoms with Gasteiger partial charge in [-0.3, -0.25) is 0 Å². The van der Waals surface area contributed by atoms with Gasteiger partial charge in [-0.15, -0.1) is 0 Å². The van der Waals surface area contributed by atoms with Crippen molar-refractivity contribution >= 4 is 18.0 Å². The van der Waals surface area contributed by atoms with Gasteiger partial charge in [-0.05, 0) is 48.0 Å². The normalized spacial score (nSPS) is 30.6. The first-order valence-electron chi connectivity index (χ1n) is 14.1. The maximum absolute atomic E-state index is 12.9. The van der Waals surface area contributed by atoms with Crippen molar-refractivity contribution in [2.45, 2.75) is 54.8 Å². The fourth-order valence-corrected chi connectivity index (χ4v) is 4.94. The Morgan fingerprint density at radius 2 is 1.53 bits per heavy atom. The molecule has 2 aromatic rings. The second-order valence-electron chi connectivity index (χ2n) is 10.5. The summed E-state index contributed by atoms with van der Waals surface area (Å²) in [6.07, 6.45) is -12.1. The highest BCUT2D eigenvalue weighted by atomic mass is 16.8. The van der Waals surface area contributed by atoms with Crippen molar-refractivity contribution in [3.63, 3.8) is 0 Å². The lowest BCUT2D eigenvalue weighted by Gasteiger charge is -2.43. The largest absolute Gasteiger partial charge is 0.508 e. The number of methoxy groups -OCH3 is 2. The van der Waals surface area contributed by atoms with Gasteiger partial charge < -0.3 is 74.0 Å². The van der Waals surface area contributed by atoms with Crippen LogP contribution in [0.4, 0.5) is 0 Å². The van der Waals surface area contributed by atoms with E-state index < -0.39 is 86.6 Å². The number of aliphatic hydroxyl groups excluding tert-OH is 6. The Morgan fingerprint density at radius 1 is 0.894 bits per heavy atom. The van der Waals surface area contributed by atoms with Crippen LogP contribution in [0.2, 0.25) is 0 Å². The molecule has 47 heavy (non-hydrogen) atoms. The number of hydrogen-bond acceptors (Lipinski definition) is 17. The number of esters is 2. The maximum atomic E-state index is 12.9. The van der Waals surface area contributed by atoms with Crippen LogP contribution in [0.15, 0.2) is 42.5 Å². The van der Waals surface area contributed by atoms with E-state index in [0.717, 1.165) is 6.08 Å². The van der Waals surface area contributed by atoms with Gasteiger partial charge in [0, 0.05) is 6.08 Å². The van der Waals surface area contributed by atoms with Crippen molar-refractivity contribution < 1.29 is 83.6 Å². The Bertz CT molecular complexity index is 1390. The molecule has 2 aliphatic heterocycles. The molecule has 2 aromatic carbocycles. The number of carbonyl (C=O) groups excluding carboxylic acids is 2. The van der Waals surface area contributed by atoms with Crippen LogP contribution in [0, 0.1) is 0 Å². The number of aromatic hydroxyl groups is 2. The predicted octanol–water partition coefficient (Wildman–Crippen LogP) is -1.84. The van der Waals surface area contributed by atoms with Gasteiger partial charge in [0.15, 0.2) is 23.9 Å². The minimum Gasteiger partial charge on any atom is -0.508 e. The van der Waals surface area contributed by atoms with Crippen LogP contribution in [0.1, 0.15) is 15.9 Å². The lowest BCUT2D eigenvalue weighted by atomic mass is 9.98. The average Bonchev–Trinajstić information content (AvgIpc) is 3.33. The van der Waals surface area contributed by atoms with Crippen molar-refractivity contribution in [1.29, 1.82) is 0 Å². The molecular formula is C30H36O17. The molecule has 17 heteroatoms. The van der Waals surface area contributed by atoms with Gasteiger partial charge in [0.05, 0.1) is 26.4 Å². The third-order valence-electron chi connectivity index (χ3n) is 7.50. The molecule has 0 saturated carbocycles. The number of phenols is 2. The summed E-state index contributed by atoms with van der Waals surface area (Å²) in [5, 5.41) is 82.1. The number of hydrogen-bond donors (Lipinski definition) is 8. The smallest absolute Gasteiger partial charge is 0.338 e. The molecule has 0 aliphatic carbocycles. The third kappa shape index (κ3) is 7.75. The van der Waals surface area contributed by atoms with Crippen LogP contribution in [-0.2, 0) is 28.5 Å². The summed E-state index contributed by atoms with van der Waals surface area (Å²) in [5.41, 5.74) is 0.379. The molecule has 8 N–H and O–H groups in total. The Kier molecular flexibility index (Phi) is 11.6. The fourth-order valence-electron chi connectivity index (χ4n) is 4.94. The number of carbonyl (C=O) groups is 2. The highest BCUT2D eigenvalue weighted by Gasteiger charge is 2.60. The quantitative estimate of drug-likeness (QED) is 0.0913. The van der Waals surface area contributed by atoms with E-state index in [1.807, 2.05) is 0 Å². The Morgan fingerprint density at radius 3 is 2.11 bits per heavy atom. The minimum absolute atomic E-state index is 0.0437. The summed E-state index contributed by atoms with van der Waals surface area (Å²) in [4.78, 5) is 25.3. The monoisotopic (exact) mass is 668 g/mol. The van der Waals surface area contributed by atoms with Crippen LogP contribution >= 0.6 is 0 Å². The molecule has 9 atom stereocenters. The second-order valence-corrected chi connectivity index (χ2v) is 10.5. The van der Waals surface area contributed by atoms with E-state index in [4.69, 9.17) is 33.2 Å². The molecule has 2 heterocycles. The van der Waals surface area contributed by atoms with Gasteiger partial charge in [-0.25, -0.2) is 9.59 Å². The zero-order valence-corrected chi connectivity index (χ0v) is 25.1. The van der Waals surface area contributed by atoms with Crippen LogP contribution < -0.4 is 9.47 Å². The first kappa shape index (κ1) is 35.8. The zero-order chi connectivity index (χ0) is 34.5. The van der Waals surface area contributed by atoms with Crippen LogP contribution in [0.3, 0.4) is 0 Å². The van der Waals surface area contributed by atoms with E-state index in [-0.39, 0.29) is 28.6 Å². The molecule has 258 valence electrons. The van der Waals surface area contributed by atoms with E-state index >= 15 is 0 Å². The minimum atomic E-state index is -2.48. The van der Waals surface area contributed by atoms with Crippen LogP contribution in [-0.4, -0.2) is 142 Å². The molecule has 0 amide bonds. The van der Waals surface area contributed by atoms with Crippen molar-refractivity contribution in [3.05, 3.63) is 53.6 Å². The number of rotatable bonds is 12. The summed E-state index contributed by atoms with van der Waals surface area (Å²) < 4.78 is 37.5. The average molecular weight is 669 g/mol. The molecule has 0 bridgehead atoms. The van der Waals surface area contributed by atoms with E-state index in [1.165, 1.54) is 56.7 Å². The lowest BCUT2D eigenvalue weighted by molar-refractivity contribution is -0.383. The molecular weight excluding hydrogens is 632 g/mol. The number of aliphatic hydroxyl groups is 6. The first-order chi connectivity index (χ1) is 22.4. The second kappa shape index (κ2) is 15.2. The van der Waals surface area contributed by atoms with E-state index in [0.29, 0.717) is 5.56 Å². The van der Waals surface area contributed by atoms with Gasteiger partial charge in [0.2, 0.25) is 11.5 Å². The standard InChI is InChI=1S/C30H36O17/c1-41-17-9-14(10-18(42-2)22(17)35)3-8-21(34)45-27-24(37)19(11-31)46-30(27,13-32)47-29-26(39)25(38)23(36)20(44-29)12-43-28(40)15-4-6-16(33)7-5-15/h3-10,19-20,23-27,29,31-33,35-39H,11-13H2,1-2H3. The molecule has 2 fully saturated rings. The van der Waals surface area contributed by atoms with Gasteiger partial charge in [-0.2, -0.15) is 0 Å². The van der Waals surface area contributed by atoms with E-state index in [2.05, 4.69) is 0 Å². The Labute approximate surface area is 267 Å². The first-order valence-corrected chi connectivity index (χ1v) is 14.1. The molecule has 2 saturated heterocycles. The molecule has 17 nitrogen and oxygen atoms in total. The summed E-state index contributed by atoms with van der Waals surface area (Å²) in [5.74, 6) is -4.73. The van der Waals surface area contributed by atoms with Crippen molar-refractivity contribution in [3.8, 4) is 23.0 Å². The SMILES string of the molecule is COc1cc(C=CC(=O)OC2C(O)C(CO)OC2(CO)OC2OC(COC(=O)c3ccc(O)cc3)C(O)C(O)C2O)cc(OC)c1O. The maximum Gasteiger partial charge on any atom is 0.338 e. The highest BCUT2D eigenvalue weighted by molar-refractivity contribution is 5.89. The highest BCUT2D eigenvalue weighted by Crippen LogP contribution is 2.39. The van der Waals surface area contributed by atoms with Gasteiger partial charge >= 0.3 is 11.9 Å². The number of benzene rings is 2. The van der Waals surface area contributed by atoms with E-state index in [1.54, 1.807) is 0 Å². The molecule has 0 aromatic heterocycles. The van der Waals surface area contributed by atoms with Gasteiger partial charge in [0.1, 0.15) is 55.6 Å². The third-order valence-corrected chi connectivity index (χ3v) is 7.50. The molecule has 2 aliphatic rings. The molecule has 4 rings (SSSR count). The van der Waals surface area contributed by atoms with E-state index in [9.17, 15) is 50.4 Å². The lowest BCUT2D eigenvalue weighted by Crippen LogP contribution is -2.63. The molecule has 0 radical (unpaired) electrons. The summed E-state index contributed by atoms with van der Waals surface area (Å²) >= 11 is 0. The van der Waals surface area contributed by atoms with Crippen LogP contribution in [0.5, 0.6) is 23.0 Å². The van der Waals surface area contributed by atoms with Crippen molar-refractivity contribution in [2.75, 3.05) is 34.0 Å². The van der Waals surface area contributed by atoms with Gasteiger partial charge in [0.25, 0.3) is 0 Å². The van der Waals surface area contributed by atoms with Gasteiger partial charge in [-0.1, -0.05) is 0 Å². The Balaban J connectivity index is 1.51. The summed E-state index contributed by atoms with van der Waals surface area (Å²) in [6, 6.07) is 7.83. The Hall–Kier alpha value is -4.04. The summed E-state index contributed by atoms with van der Waals surface area (Å²) in [6.45, 7) is -2.62. The van der Waals surface area contributed by atoms with Crippen LogP contribution in [0.25, 0.3) is 6.08 Å². The topological polar surface area (TPSA) is 261 Å². The van der Waals surface area contributed by atoms with Crippen molar-refractivity contribution in [1.82, 2.24) is 0 Å². The fraction of sp³-hybridized carbons (Fsp3) is 0.467. The zero-order valence-electron chi connectivity index (χ0n) is 25.1. The molecule has 0 spiro atoms. The summed E-state index contributed by atoms with van der Waals surface area (Å²) in [7, 11) is 2.62. The number of phenolic OH excluding ortho intramolecular Hbond substituents is 2. The molecule has 9 unspecified atom stereocenters.